The number of aromatic nitrogens is 1. The Bertz CT molecular complexity index is 1140. The summed E-state index contributed by atoms with van der Waals surface area (Å²) < 4.78 is 15.5. The molecule has 8 heteroatoms. The highest BCUT2D eigenvalue weighted by atomic mass is 35.5. The SMILES string of the molecule is O=C1NCCN1CCN1CCC(c2cn(-c3ccc(F)cc3)c3cc(Cl)c(Cl)cc23)CC1. The summed E-state index contributed by atoms with van der Waals surface area (Å²) in [6.07, 6.45) is 4.23. The summed E-state index contributed by atoms with van der Waals surface area (Å²) in [5, 5.41) is 5.00. The van der Waals surface area contributed by atoms with Crippen LogP contribution in [0.3, 0.4) is 0 Å². The lowest BCUT2D eigenvalue weighted by atomic mass is 9.89. The molecule has 0 saturated carbocycles. The molecule has 168 valence electrons. The number of nitrogens with zero attached hydrogens (tertiary/aromatic N) is 3. The molecule has 2 fully saturated rings. The molecule has 0 atom stereocenters. The summed E-state index contributed by atoms with van der Waals surface area (Å²) in [7, 11) is 0. The number of carbonyl (C=O) groups is 1. The molecule has 32 heavy (non-hydrogen) atoms. The topological polar surface area (TPSA) is 40.5 Å². The van der Waals surface area contributed by atoms with Crippen LogP contribution in [0, 0.1) is 5.82 Å². The predicted octanol–water partition coefficient (Wildman–Crippen LogP) is 5.28. The standard InChI is InChI=1S/C24H25Cl2FN4O/c25-21-13-19-20(15-31(23(19)14-22(21)26)18-3-1-17(27)2-4-18)16-5-8-29(9-6-16)11-12-30-10-7-28-24(30)32/h1-4,13-16H,5-12H2,(H,28,32). The molecule has 0 aliphatic carbocycles. The van der Waals surface area contributed by atoms with Gasteiger partial charge in [-0.15, -0.1) is 0 Å². The minimum absolute atomic E-state index is 0.0454. The van der Waals surface area contributed by atoms with Crippen molar-refractivity contribution in [3.05, 3.63) is 64.0 Å². The Morgan fingerprint density at radius 1 is 1.00 bits per heavy atom. The number of likely N-dealkylation sites (tertiary alicyclic amines) is 1. The van der Waals surface area contributed by atoms with Crippen molar-refractivity contribution in [3.63, 3.8) is 0 Å². The first-order chi connectivity index (χ1) is 15.5. The monoisotopic (exact) mass is 474 g/mol. The number of piperidine rings is 1. The first kappa shape index (κ1) is 21.6. The predicted molar refractivity (Wildman–Crippen MR) is 127 cm³/mol. The molecular formula is C24H25Cl2FN4O. The van der Waals surface area contributed by atoms with Crippen LogP contribution in [-0.4, -0.2) is 59.7 Å². The molecule has 0 bridgehead atoms. The number of hydrogen-bond donors (Lipinski definition) is 1. The Labute approximate surface area is 196 Å². The summed E-state index contributed by atoms with van der Waals surface area (Å²) >= 11 is 12.7. The van der Waals surface area contributed by atoms with E-state index in [9.17, 15) is 9.18 Å². The van der Waals surface area contributed by atoms with Gasteiger partial charge in [-0.2, -0.15) is 0 Å². The Balaban J connectivity index is 1.36. The van der Waals surface area contributed by atoms with E-state index in [0.717, 1.165) is 68.7 Å². The van der Waals surface area contributed by atoms with E-state index in [-0.39, 0.29) is 11.8 Å². The average molecular weight is 475 g/mol. The molecule has 2 aliphatic rings. The Kier molecular flexibility index (Phi) is 6.01. The van der Waals surface area contributed by atoms with Crippen LogP contribution in [-0.2, 0) is 0 Å². The van der Waals surface area contributed by atoms with E-state index in [1.54, 1.807) is 12.1 Å². The van der Waals surface area contributed by atoms with Crippen LogP contribution in [0.2, 0.25) is 10.0 Å². The molecule has 1 N–H and O–H groups in total. The second kappa shape index (κ2) is 8.93. The molecule has 3 heterocycles. The molecule has 1 aromatic heterocycles. The zero-order chi connectivity index (χ0) is 22.2. The fraction of sp³-hybridized carbons (Fsp3) is 0.375. The molecule has 0 spiro atoms. The van der Waals surface area contributed by atoms with Crippen LogP contribution in [0.1, 0.15) is 24.3 Å². The van der Waals surface area contributed by atoms with Gasteiger partial charge in [-0.3, -0.25) is 0 Å². The van der Waals surface area contributed by atoms with Crippen molar-refractivity contribution in [1.82, 2.24) is 19.7 Å². The van der Waals surface area contributed by atoms with Crippen molar-refractivity contribution in [1.29, 1.82) is 0 Å². The van der Waals surface area contributed by atoms with Crippen molar-refractivity contribution in [2.45, 2.75) is 18.8 Å². The zero-order valence-corrected chi connectivity index (χ0v) is 19.2. The van der Waals surface area contributed by atoms with Gasteiger partial charge in [0.1, 0.15) is 5.82 Å². The molecular weight excluding hydrogens is 450 g/mol. The largest absolute Gasteiger partial charge is 0.336 e. The number of fused-ring (bicyclic) bond motifs is 1. The second-order valence-electron chi connectivity index (χ2n) is 8.55. The van der Waals surface area contributed by atoms with E-state index in [1.165, 1.54) is 17.7 Å². The van der Waals surface area contributed by atoms with Crippen LogP contribution in [0.25, 0.3) is 16.6 Å². The minimum Gasteiger partial charge on any atom is -0.336 e. The van der Waals surface area contributed by atoms with Gasteiger partial charge in [0, 0.05) is 43.4 Å². The van der Waals surface area contributed by atoms with Crippen LogP contribution < -0.4 is 5.32 Å². The minimum atomic E-state index is -0.259. The number of halogens is 3. The van der Waals surface area contributed by atoms with Gasteiger partial charge in [-0.05, 0) is 73.8 Å². The van der Waals surface area contributed by atoms with E-state index in [0.29, 0.717) is 16.0 Å². The normalized spacial score (nSPS) is 18.0. The first-order valence-corrected chi connectivity index (χ1v) is 11.8. The second-order valence-corrected chi connectivity index (χ2v) is 9.36. The summed E-state index contributed by atoms with van der Waals surface area (Å²) in [5.41, 5.74) is 3.12. The van der Waals surface area contributed by atoms with Crippen LogP contribution in [0.4, 0.5) is 9.18 Å². The molecule has 2 saturated heterocycles. The molecule has 2 amide bonds. The lowest BCUT2D eigenvalue weighted by molar-refractivity contribution is 0.181. The van der Waals surface area contributed by atoms with Gasteiger partial charge < -0.3 is 19.7 Å². The summed E-state index contributed by atoms with van der Waals surface area (Å²) in [5.74, 6) is 0.146. The number of hydrogen-bond acceptors (Lipinski definition) is 2. The van der Waals surface area contributed by atoms with E-state index in [2.05, 4.69) is 21.0 Å². The van der Waals surface area contributed by atoms with Crippen LogP contribution in [0.5, 0.6) is 0 Å². The zero-order valence-electron chi connectivity index (χ0n) is 17.7. The van der Waals surface area contributed by atoms with E-state index < -0.39 is 0 Å². The summed E-state index contributed by atoms with van der Waals surface area (Å²) in [6, 6.07) is 10.4. The fourth-order valence-electron chi connectivity index (χ4n) is 4.84. The highest BCUT2D eigenvalue weighted by Crippen LogP contribution is 2.39. The van der Waals surface area contributed by atoms with Gasteiger partial charge >= 0.3 is 6.03 Å². The molecule has 2 aliphatic heterocycles. The molecule has 2 aromatic carbocycles. The highest BCUT2D eigenvalue weighted by molar-refractivity contribution is 6.42. The maximum Gasteiger partial charge on any atom is 0.317 e. The maximum absolute atomic E-state index is 13.5. The number of nitrogens with one attached hydrogen (secondary N) is 1. The molecule has 5 nitrogen and oxygen atoms in total. The molecule has 0 radical (unpaired) electrons. The lowest BCUT2D eigenvalue weighted by Crippen LogP contribution is -2.40. The summed E-state index contributed by atoms with van der Waals surface area (Å²) in [6.45, 7) is 5.19. The number of carbonyl (C=O) groups excluding carboxylic acids is 1. The smallest absolute Gasteiger partial charge is 0.317 e. The quantitative estimate of drug-likeness (QED) is 0.546. The molecule has 0 unspecified atom stereocenters. The maximum atomic E-state index is 13.5. The number of amides is 2. The van der Waals surface area contributed by atoms with E-state index in [4.69, 9.17) is 23.2 Å². The molecule has 3 aromatic rings. The third-order valence-corrected chi connectivity index (χ3v) is 7.36. The van der Waals surface area contributed by atoms with Crippen molar-refractivity contribution >= 4 is 40.1 Å². The third-order valence-electron chi connectivity index (χ3n) is 6.64. The van der Waals surface area contributed by atoms with Gasteiger partial charge in [-0.1, -0.05) is 23.2 Å². The van der Waals surface area contributed by atoms with Crippen molar-refractivity contribution in [3.8, 4) is 5.69 Å². The number of rotatable bonds is 5. The van der Waals surface area contributed by atoms with Gasteiger partial charge in [0.15, 0.2) is 0 Å². The summed E-state index contributed by atoms with van der Waals surface area (Å²) in [4.78, 5) is 16.1. The Morgan fingerprint density at radius 3 is 2.41 bits per heavy atom. The highest BCUT2D eigenvalue weighted by Gasteiger charge is 2.26. The van der Waals surface area contributed by atoms with Crippen molar-refractivity contribution < 1.29 is 9.18 Å². The van der Waals surface area contributed by atoms with Gasteiger partial charge in [0.25, 0.3) is 0 Å². The lowest BCUT2D eigenvalue weighted by Gasteiger charge is -2.32. The third kappa shape index (κ3) is 4.19. The fourth-order valence-corrected chi connectivity index (χ4v) is 5.16. The first-order valence-electron chi connectivity index (χ1n) is 11.0. The molecule has 5 rings (SSSR count). The van der Waals surface area contributed by atoms with Crippen LogP contribution in [0.15, 0.2) is 42.6 Å². The average Bonchev–Trinajstić information content (AvgIpc) is 3.37. The van der Waals surface area contributed by atoms with Gasteiger partial charge in [0.05, 0.1) is 15.6 Å². The Morgan fingerprint density at radius 2 is 1.72 bits per heavy atom. The van der Waals surface area contributed by atoms with E-state index in [1.807, 2.05) is 17.0 Å². The number of benzene rings is 2. The van der Waals surface area contributed by atoms with Gasteiger partial charge in [0.2, 0.25) is 0 Å². The Hall–Kier alpha value is -2.28. The van der Waals surface area contributed by atoms with Crippen LogP contribution >= 0.6 is 23.2 Å². The number of urea groups is 1. The van der Waals surface area contributed by atoms with Gasteiger partial charge in [-0.25, -0.2) is 9.18 Å². The van der Waals surface area contributed by atoms with Crippen molar-refractivity contribution in [2.24, 2.45) is 0 Å². The van der Waals surface area contributed by atoms with E-state index >= 15 is 0 Å². The van der Waals surface area contributed by atoms with Crippen molar-refractivity contribution in [2.75, 3.05) is 39.3 Å².